The van der Waals surface area contributed by atoms with E-state index in [1.807, 2.05) is 39.0 Å². The van der Waals surface area contributed by atoms with Crippen LogP contribution in [0.3, 0.4) is 0 Å². The Bertz CT molecular complexity index is 959. The number of nitrogens with two attached hydrogens (primary N) is 1. The van der Waals surface area contributed by atoms with Gasteiger partial charge in [-0.3, -0.25) is 28.9 Å². The van der Waals surface area contributed by atoms with Gasteiger partial charge in [-0.15, -0.1) is 11.8 Å². The molecule has 13 heteroatoms. The summed E-state index contributed by atoms with van der Waals surface area (Å²) in [6.07, 6.45) is 0.331. The summed E-state index contributed by atoms with van der Waals surface area (Å²) in [6, 6.07) is 3.39. The number of aryl methyl sites for hydroxylation is 2. The maximum atomic E-state index is 13.2. The first kappa shape index (κ1) is 31.9. The minimum atomic E-state index is -1.26. The van der Waals surface area contributed by atoms with Gasteiger partial charge in [0.25, 0.3) is 0 Å². The lowest BCUT2D eigenvalue weighted by Crippen LogP contribution is -2.49. The first-order chi connectivity index (χ1) is 17.5. The van der Waals surface area contributed by atoms with E-state index < -0.39 is 42.4 Å². The van der Waals surface area contributed by atoms with Crippen molar-refractivity contribution in [3.63, 3.8) is 0 Å². The van der Waals surface area contributed by atoms with Crippen molar-refractivity contribution >= 4 is 47.1 Å². The molecule has 0 spiro atoms. The molecule has 2 atom stereocenters. The summed E-state index contributed by atoms with van der Waals surface area (Å²) in [5.41, 5.74) is 8.07. The van der Waals surface area contributed by atoms with E-state index in [0.717, 1.165) is 28.6 Å². The molecule has 0 bridgehead atoms. The standard InChI is InChI=1S/C24H36N4O8S/c1-4-16-8-6-7-15(3)22(16)28(14-36-5-2)20(30)13-37-12-18(23(33)26-11-21(31)32)27-19(29)10-9-17(25)24(34)35/h6-8,17-18H,4-5,9-14,25H2,1-3H3,(H,26,33)(H,27,29)(H,31,32)(H,34,35)/t17-,18-/m0/s1. The van der Waals surface area contributed by atoms with Crippen molar-refractivity contribution in [1.29, 1.82) is 0 Å². The van der Waals surface area contributed by atoms with Crippen LogP contribution in [-0.2, 0) is 35.1 Å². The van der Waals surface area contributed by atoms with Gasteiger partial charge in [0.05, 0.1) is 11.4 Å². The molecule has 0 aromatic heterocycles. The Morgan fingerprint density at radius 1 is 1.16 bits per heavy atom. The number of nitrogens with zero attached hydrogens (tertiary/aromatic N) is 1. The Morgan fingerprint density at radius 2 is 1.86 bits per heavy atom. The average molecular weight is 541 g/mol. The number of nitrogens with one attached hydrogen (secondary N) is 2. The van der Waals surface area contributed by atoms with E-state index in [0.29, 0.717) is 13.0 Å². The van der Waals surface area contributed by atoms with Crippen LogP contribution < -0.4 is 21.3 Å². The Balaban J connectivity index is 2.91. The van der Waals surface area contributed by atoms with Crippen molar-refractivity contribution in [1.82, 2.24) is 10.6 Å². The van der Waals surface area contributed by atoms with E-state index in [-0.39, 0.29) is 37.0 Å². The predicted molar refractivity (Wildman–Crippen MR) is 139 cm³/mol. The van der Waals surface area contributed by atoms with Crippen LogP contribution in [0.25, 0.3) is 0 Å². The smallest absolute Gasteiger partial charge is 0.322 e. The molecule has 12 nitrogen and oxygen atoms in total. The van der Waals surface area contributed by atoms with Crippen molar-refractivity contribution in [2.45, 2.75) is 52.1 Å². The van der Waals surface area contributed by atoms with E-state index in [2.05, 4.69) is 10.6 Å². The molecular weight excluding hydrogens is 504 g/mol. The number of hydrogen-bond acceptors (Lipinski definition) is 8. The zero-order valence-electron chi connectivity index (χ0n) is 21.3. The number of ether oxygens (including phenoxy) is 1. The van der Waals surface area contributed by atoms with Crippen molar-refractivity contribution in [2.75, 3.05) is 36.3 Å². The zero-order chi connectivity index (χ0) is 28.0. The van der Waals surface area contributed by atoms with E-state index >= 15 is 0 Å². The fourth-order valence-electron chi connectivity index (χ4n) is 3.32. The number of benzene rings is 1. The summed E-state index contributed by atoms with van der Waals surface area (Å²) in [7, 11) is 0. The second kappa shape index (κ2) is 16.6. The molecule has 1 aromatic rings. The molecule has 0 fully saturated rings. The summed E-state index contributed by atoms with van der Waals surface area (Å²) in [5, 5.41) is 22.4. The van der Waals surface area contributed by atoms with Gasteiger partial charge in [-0.2, -0.15) is 0 Å². The minimum Gasteiger partial charge on any atom is -0.480 e. The zero-order valence-corrected chi connectivity index (χ0v) is 22.1. The molecule has 1 aromatic carbocycles. The van der Waals surface area contributed by atoms with Gasteiger partial charge >= 0.3 is 11.9 Å². The van der Waals surface area contributed by atoms with Gasteiger partial charge in [0.2, 0.25) is 17.7 Å². The lowest BCUT2D eigenvalue weighted by Gasteiger charge is -2.27. The number of amides is 3. The number of aliphatic carboxylic acids is 2. The highest BCUT2D eigenvalue weighted by Gasteiger charge is 2.25. The maximum absolute atomic E-state index is 13.2. The van der Waals surface area contributed by atoms with Crippen molar-refractivity contribution in [3.8, 4) is 0 Å². The number of anilines is 1. The average Bonchev–Trinajstić information content (AvgIpc) is 2.85. The molecule has 1 rings (SSSR count). The molecule has 0 unspecified atom stereocenters. The Kier molecular flexibility index (Phi) is 14.3. The normalized spacial score (nSPS) is 12.3. The lowest BCUT2D eigenvalue weighted by molar-refractivity contribution is -0.139. The van der Waals surface area contributed by atoms with Gasteiger partial charge in [-0.25, -0.2) is 0 Å². The van der Waals surface area contributed by atoms with Crippen LogP contribution >= 0.6 is 11.8 Å². The molecule has 206 valence electrons. The summed E-state index contributed by atoms with van der Waals surface area (Å²) in [5.74, 6) is -4.19. The van der Waals surface area contributed by atoms with Crippen LogP contribution in [0.15, 0.2) is 18.2 Å². The van der Waals surface area contributed by atoms with Crippen molar-refractivity contribution < 1.29 is 38.9 Å². The summed E-state index contributed by atoms with van der Waals surface area (Å²) < 4.78 is 5.53. The van der Waals surface area contributed by atoms with E-state index in [4.69, 9.17) is 20.7 Å². The van der Waals surface area contributed by atoms with Gasteiger partial charge in [0, 0.05) is 18.8 Å². The van der Waals surface area contributed by atoms with Gasteiger partial charge < -0.3 is 31.3 Å². The molecule has 0 saturated heterocycles. The Morgan fingerprint density at radius 3 is 2.46 bits per heavy atom. The quantitative estimate of drug-likeness (QED) is 0.174. The van der Waals surface area contributed by atoms with E-state index in [1.54, 1.807) is 4.90 Å². The molecular formula is C24H36N4O8S. The van der Waals surface area contributed by atoms with Crippen LogP contribution in [0.2, 0.25) is 0 Å². The Hall–Kier alpha value is -3.16. The number of carboxylic acids is 2. The second-order valence-corrected chi connectivity index (χ2v) is 9.14. The molecule has 0 aliphatic rings. The summed E-state index contributed by atoms with van der Waals surface area (Å²) >= 11 is 1.09. The highest BCUT2D eigenvalue weighted by Crippen LogP contribution is 2.26. The summed E-state index contributed by atoms with van der Waals surface area (Å²) in [4.78, 5) is 61.2. The number of para-hydroxylation sites is 1. The van der Waals surface area contributed by atoms with E-state index in [1.165, 1.54) is 0 Å². The SMILES string of the molecule is CCOCN(C(=O)CSC[C@H](NC(=O)CC[C@H](N)C(=O)O)C(=O)NCC(=O)O)c1c(C)cccc1CC. The molecule has 0 radical (unpaired) electrons. The molecule has 0 aliphatic heterocycles. The van der Waals surface area contributed by atoms with Crippen LogP contribution in [-0.4, -0.2) is 83.3 Å². The number of carbonyl (C=O) groups excluding carboxylic acids is 3. The molecule has 0 saturated carbocycles. The van der Waals surface area contributed by atoms with Crippen molar-refractivity contribution in [2.24, 2.45) is 5.73 Å². The lowest BCUT2D eigenvalue weighted by atomic mass is 10.0. The second-order valence-electron chi connectivity index (χ2n) is 8.11. The van der Waals surface area contributed by atoms with E-state index in [9.17, 15) is 24.0 Å². The van der Waals surface area contributed by atoms with Crippen molar-refractivity contribution in [3.05, 3.63) is 29.3 Å². The molecule has 0 heterocycles. The first-order valence-corrected chi connectivity index (χ1v) is 13.0. The van der Waals surface area contributed by atoms with Gasteiger partial charge in [-0.1, -0.05) is 25.1 Å². The summed E-state index contributed by atoms with van der Waals surface area (Å²) in [6.45, 7) is 5.53. The fraction of sp³-hybridized carbons (Fsp3) is 0.542. The monoisotopic (exact) mass is 540 g/mol. The first-order valence-electron chi connectivity index (χ1n) is 11.8. The fourth-order valence-corrected chi connectivity index (χ4v) is 4.24. The molecule has 0 aliphatic carbocycles. The van der Waals surface area contributed by atoms with Gasteiger partial charge in [0.15, 0.2) is 0 Å². The van der Waals surface area contributed by atoms with Crippen LogP contribution in [0.1, 0.15) is 37.8 Å². The highest BCUT2D eigenvalue weighted by atomic mass is 32.2. The predicted octanol–water partition coefficient (Wildman–Crippen LogP) is 0.495. The number of thioether (sulfide) groups is 1. The number of carboxylic acid groups (broad SMARTS) is 2. The third-order valence-electron chi connectivity index (χ3n) is 5.27. The van der Waals surface area contributed by atoms with Crippen LogP contribution in [0, 0.1) is 6.92 Å². The van der Waals surface area contributed by atoms with Gasteiger partial charge in [-0.05, 0) is 37.8 Å². The number of rotatable bonds is 17. The molecule has 3 amide bonds. The third kappa shape index (κ3) is 11.2. The third-order valence-corrected chi connectivity index (χ3v) is 6.29. The van der Waals surface area contributed by atoms with Crippen LogP contribution in [0.4, 0.5) is 5.69 Å². The Labute approximate surface area is 220 Å². The largest absolute Gasteiger partial charge is 0.480 e. The maximum Gasteiger partial charge on any atom is 0.322 e. The molecule has 6 N–H and O–H groups in total. The van der Waals surface area contributed by atoms with Gasteiger partial charge in [0.1, 0.15) is 25.4 Å². The molecule has 37 heavy (non-hydrogen) atoms. The van der Waals surface area contributed by atoms with Crippen LogP contribution in [0.5, 0.6) is 0 Å². The highest BCUT2D eigenvalue weighted by molar-refractivity contribution is 8.00. The number of hydrogen-bond donors (Lipinski definition) is 5. The number of carbonyl (C=O) groups is 5. The minimum absolute atomic E-state index is 0.0230. The topological polar surface area (TPSA) is 188 Å².